The molecule has 1 N–H and O–H groups in total. The monoisotopic (exact) mass is 145 g/mol. The van der Waals surface area contributed by atoms with E-state index in [1.54, 1.807) is 0 Å². The van der Waals surface area contributed by atoms with Crippen molar-refractivity contribution >= 4 is 9.20 Å². The maximum atomic E-state index is 5.55. The summed E-state index contributed by atoms with van der Waals surface area (Å²) in [5.74, 6) is 0. The normalized spacial score (nSPS) is 28.3. The van der Waals surface area contributed by atoms with Gasteiger partial charge in [0.25, 0.3) is 9.20 Å². The lowest BCUT2D eigenvalue weighted by Crippen LogP contribution is -2.39. The smallest absolute Gasteiger partial charge is 0.252 e. The molecule has 1 unspecified atom stereocenters. The topological polar surface area (TPSA) is 21.3 Å². The van der Waals surface area contributed by atoms with Gasteiger partial charge in [-0.2, -0.15) is 0 Å². The molecule has 1 rings (SSSR count). The van der Waals surface area contributed by atoms with Crippen molar-refractivity contribution in [3.8, 4) is 0 Å². The number of rotatable bonds is 2. The molecule has 1 aliphatic heterocycles. The van der Waals surface area contributed by atoms with Gasteiger partial charge in [-0.3, -0.25) is 0 Å². The maximum Gasteiger partial charge on any atom is 0.252 e. The van der Waals surface area contributed by atoms with E-state index in [0.717, 1.165) is 13.2 Å². The van der Waals surface area contributed by atoms with E-state index in [0.29, 0.717) is 0 Å². The van der Waals surface area contributed by atoms with E-state index in [4.69, 9.17) is 4.43 Å². The van der Waals surface area contributed by atoms with Gasteiger partial charge in [-0.1, -0.05) is 13.3 Å². The highest BCUT2D eigenvalue weighted by Crippen LogP contribution is 2.07. The Hall–Kier alpha value is 0.137. The van der Waals surface area contributed by atoms with Crippen LogP contribution in [0.2, 0.25) is 6.04 Å². The maximum absolute atomic E-state index is 5.55. The molecule has 0 bridgehead atoms. The van der Waals surface area contributed by atoms with E-state index in [1.807, 2.05) is 0 Å². The molecule has 0 radical (unpaired) electrons. The van der Waals surface area contributed by atoms with Crippen LogP contribution in [-0.4, -0.2) is 22.4 Å². The van der Waals surface area contributed by atoms with Crippen molar-refractivity contribution in [1.29, 1.82) is 0 Å². The molecule has 0 aliphatic carbocycles. The second-order valence-corrected chi connectivity index (χ2v) is 4.71. The van der Waals surface area contributed by atoms with Crippen LogP contribution < -0.4 is 4.98 Å². The summed E-state index contributed by atoms with van der Waals surface area (Å²) in [5.41, 5.74) is 0. The Balaban J connectivity index is 2.08. The van der Waals surface area contributed by atoms with Crippen molar-refractivity contribution in [3.05, 3.63) is 0 Å². The van der Waals surface area contributed by atoms with Crippen LogP contribution in [0.5, 0.6) is 0 Å². The molecule has 1 saturated heterocycles. The van der Waals surface area contributed by atoms with E-state index in [9.17, 15) is 0 Å². The van der Waals surface area contributed by atoms with Crippen molar-refractivity contribution in [1.82, 2.24) is 4.98 Å². The Kier molecular flexibility index (Phi) is 3.25. The summed E-state index contributed by atoms with van der Waals surface area (Å²) in [5, 5.41) is 0. The van der Waals surface area contributed by atoms with Gasteiger partial charge in [0.1, 0.15) is 0 Å². The Morgan fingerprint density at radius 2 is 2.44 bits per heavy atom. The minimum Gasteiger partial charge on any atom is -0.406 e. The van der Waals surface area contributed by atoms with Gasteiger partial charge in [0.05, 0.1) is 0 Å². The predicted octanol–water partition coefficient (Wildman–Crippen LogP) is 0.627. The highest BCUT2D eigenvalue weighted by Gasteiger charge is 2.13. The Morgan fingerprint density at radius 3 is 3.00 bits per heavy atom. The largest absolute Gasteiger partial charge is 0.406 e. The summed E-state index contributed by atoms with van der Waals surface area (Å²) < 4.78 is 5.55. The third-order valence-electron chi connectivity index (χ3n) is 1.61. The first-order chi connectivity index (χ1) is 4.43. The first kappa shape index (κ1) is 7.25. The fourth-order valence-electron chi connectivity index (χ4n) is 1.13. The number of hydrogen-bond donors (Lipinski definition) is 1. The lowest BCUT2D eigenvalue weighted by atomic mass is 10.4. The Bertz CT molecular complexity index is 70.7. The second-order valence-electron chi connectivity index (χ2n) is 2.41. The zero-order valence-electron chi connectivity index (χ0n) is 6.02. The average Bonchev–Trinajstić information content (AvgIpc) is 1.91. The number of hydrogen-bond acceptors (Lipinski definition) is 2. The molecule has 2 nitrogen and oxygen atoms in total. The van der Waals surface area contributed by atoms with Crippen LogP contribution in [0.3, 0.4) is 0 Å². The molecule has 1 atom stereocenters. The van der Waals surface area contributed by atoms with E-state index in [-0.39, 0.29) is 0 Å². The summed E-state index contributed by atoms with van der Waals surface area (Å²) in [4.78, 5) is 3.40. The summed E-state index contributed by atoms with van der Waals surface area (Å²) in [6.07, 6.45) is 2.65. The molecule has 0 aromatic heterocycles. The molecule has 0 aromatic rings. The summed E-state index contributed by atoms with van der Waals surface area (Å²) in [6.45, 7) is 4.23. The average molecular weight is 145 g/mol. The van der Waals surface area contributed by atoms with Crippen LogP contribution in [0.25, 0.3) is 0 Å². The number of nitrogens with one attached hydrogen (secondary N) is 1. The molecule has 1 heterocycles. The Morgan fingerprint density at radius 1 is 1.56 bits per heavy atom. The van der Waals surface area contributed by atoms with Crippen LogP contribution in [0.15, 0.2) is 0 Å². The Labute approximate surface area is 58.4 Å². The molecule has 0 aromatic carbocycles. The lowest BCUT2D eigenvalue weighted by molar-refractivity contribution is 0.279. The first-order valence-corrected chi connectivity index (χ1v) is 5.65. The van der Waals surface area contributed by atoms with Crippen molar-refractivity contribution in [2.24, 2.45) is 0 Å². The quantitative estimate of drug-likeness (QED) is 0.575. The van der Waals surface area contributed by atoms with Crippen LogP contribution >= 0.6 is 0 Å². The third kappa shape index (κ3) is 2.47. The molecule has 1 fully saturated rings. The molecule has 9 heavy (non-hydrogen) atoms. The van der Waals surface area contributed by atoms with Crippen LogP contribution in [0.4, 0.5) is 0 Å². The van der Waals surface area contributed by atoms with Crippen LogP contribution in [0.1, 0.15) is 19.8 Å². The molecule has 1 aliphatic rings. The van der Waals surface area contributed by atoms with Gasteiger partial charge in [0, 0.05) is 6.61 Å². The molecule has 0 spiro atoms. The summed E-state index contributed by atoms with van der Waals surface area (Å²) in [6, 6.07) is 1.33. The molecule has 3 heteroatoms. The van der Waals surface area contributed by atoms with Crippen LogP contribution in [-0.2, 0) is 4.43 Å². The van der Waals surface area contributed by atoms with Gasteiger partial charge >= 0.3 is 0 Å². The molecule has 0 saturated carbocycles. The summed E-state index contributed by atoms with van der Waals surface area (Å²) >= 11 is 0. The molecular formula is C6H15NOSi. The van der Waals surface area contributed by atoms with Gasteiger partial charge in [0.2, 0.25) is 0 Å². The SMILES string of the molecule is CCN[SiH]1CCCCO1. The lowest BCUT2D eigenvalue weighted by Gasteiger charge is -2.20. The predicted molar refractivity (Wildman–Crippen MR) is 40.8 cm³/mol. The van der Waals surface area contributed by atoms with E-state index in [1.165, 1.54) is 18.9 Å². The van der Waals surface area contributed by atoms with Gasteiger partial charge in [-0.15, -0.1) is 0 Å². The zero-order chi connectivity index (χ0) is 6.53. The van der Waals surface area contributed by atoms with E-state index < -0.39 is 9.20 Å². The highest BCUT2D eigenvalue weighted by atomic mass is 28.3. The molecule has 0 amide bonds. The molecular weight excluding hydrogens is 130 g/mol. The van der Waals surface area contributed by atoms with Gasteiger partial charge in [-0.25, -0.2) is 0 Å². The van der Waals surface area contributed by atoms with Gasteiger partial charge in [-0.05, 0) is 19.0 Å². The standard InChI is InChI=1S/C6H15NOSi/c1-2-7-9-6-4-3-5-8-9/h7,9H,2-6H2,1H3. The minimum atomic E-state index is -0.876. The summed E-state index contributed by atoms with van der Waals surface area (Å²) in [7, 11) is -0.876. The van der Waals surface area contributed by atoms with E-state index >= 15 is 0 Å². The van der Waals surface area contributed by atoms with Crippen molar-refractivity contribution < 1.29 is 4.43 Å². The first-order valence-electron chi connectivity index (χ1n) is 3.78. The van der Waals surface area contributed by atoms with Crippen molar-refractivity contribution in [3.63, 3.8) is 0 Å². The fourth-order valence-corrected chi connectivity index (χ4v) is 3.18. The van der Waals surface area contributed by atoms with E-state index in [2.05, 4.69) is 11.9 Å². The zero-order valence-corrected chi connectivity index (χ0v) is 7.18. The second kappa shape index (κ2) is 4.03. The molecule has 54 valence electrons. The van der Waals surface area contributed by atoms with Gasteiger partial charge in [0.15, 0.2) is 0 Å². The van der Waals surface area contributed by atoms with Gasteiger partial charge < -0.3 is 9.41 Å². The minimum absolute atomic E-state index is 0.876. The van der Waals surface area contributed by atoms with Crippen LogP contribution in [0, 0.1) is 0 Å². The highest BCUT2D eigenvalue weighted by molar-refractivity contribution is 6.49. The fraction of sp³-hybridized carbons (Fsp3) is 1.00. The third-order valence-corrected chi connectivity index (χ3v) is 4.05. The van der Waals surface area contributed by atoms with Crippen molar-refractivity contribution in [2.75, 3.05) is 13.2 Å². The van der Waals surface area contributed by atoms with Crippen molar-refractivity contribution in [2.45, 2.75) is 25.8 Å².